The maximum atomic E-state index is 11.9. The van der Waals surface area contributed by atoms with E-state index in [-0.39, 0.29) is 11.7 Å². The second-order valence-electron chi connectivity index (χ2n) is 6.02. The molecule has 1 aliphatic rings. The smallest absolute Gasteiger partial charge is 0.248 e. The van der Waals surface area contributed by atoms with Crippen LogP contribution in [0.4, 0.5) is 11.4 Å². The predicted octanol–water partition coefficient (Wildman–Crippen LogP) is 3.19. The van der Waals surface area contributed by atoms with Gasteiger partial charge in [-0.2, -0.15) is 0 Å². The number of rotatable bonds is 4. The van der Waals surface area contributed by atoms with E-state index in [9.17, 15) is 13.2 Å². The number of anilines is 2. The van der Waals surface area contributed by atoms with Gasteiger partial charge in [-0.3, -0.25) is 9.10 Å². The van der Waals surface area contributed by atoms with Gasteiger partial charge in [-0.25, -0.2) is 8.42 Å². The summed E-state index contributed by atoms with van der Waals surface area (Å²) in [6.45, 7) is 2.51. The molecule has 0 bridgehead atoms. The Morgan fingerprint density at radius 1 is 1.08 bits per heavy atom. The number of carbonyl (C=O) groups is 1. The highest BCUT2D eigenvalue weighted by molar-refractivity contribution is 7.93. The largest absolute Gasteiger partial charge is 0.323 e. The molecular weight excluding hydrogens is 336 g/mol. The van der Waals surface area contributed by atoms with E-state index in [0.717, 1.165) is 16.8 Å². The number of benzene rings is 2. The zero-order valence-electron chi connectivity index (χ0n) is 14.0. The van der Waals surface area contributed by atoms with Crippen molar-refractivity contribution in [2.24, 2.45) is 0 Å². The molecule has 5 nitrogen and oxygen atoms in total. The Hall–Kier alpha value is -2.60. The summed E-state index contributed by atoms with van der Waals surface area (Å²) >= 11 is 0. The van der Waals surface area contributed by atoms with E-state index in [2.05, 4.69) is 5.32 Å². The van der Waals surface area contributed by atoms with Crippen molar-refractivity contribution in [3.8, 4) is 0 Å². The van der Waals surface area contributed by atoms with Crippen molar-refractivity contribution in [1.29, 1.82) is 0 Å². The van der Waals surface area contributed by atoms with Gasteiger partial charge < -0.3 is 5.32 Å². The molecule has 2 aromatic carbocycles. The normalized spacial score (nSPS) is 16.3. The molecule has 0 radical (unpaired) electrons. The second kappa shape index (κ2) is 7.11. The van der Waals surface area contributed by atoms with E-state index in [4.69, 9.17) is 0 Å². The molecule has 0 atom stereocenters. The van der Waals surface area contributed by atoms with Gasteiger partial charge in [0.05, 0.1) is 11.4 Å². The van der Waals surface area contributed by atoms with Gasteiger partial charge >= 0.3 is 0 Å². The van der Waals surface area contributed by atoms with Crippen molar-refractivity contribution in [2.45, 2.75) is 13.3 Å². The third kappa shape index (κ3) is 4.28. The predicted molar refractivity (Wildman–Crippen MR) is 101 cm³/mol. The van der Waals surface area contributed by atoms with Crippen LogP contribution in [0.15, 0.2) is 54.6 Å². The fraction of sp³-hybridized carbons (Fsp3) is 0.211. The maximum Gasteiger partial charge on any atom is 0.248 e. The van der Waals surface area contributed by atoms with Gasteiger partial charge in [-0.1, -0.05) is 29.8 Å². The maximum absolute atomic E-state index is 11.9. The Labute approximate surface area is 148 Å². The molecule has 25 heavy (non-hydrogen) atoms. The molecule has 2 aromatic rings. The fourth-order valence-corrected chi connectivity index (χ4v) is 4.24. The van der Waals surface area contributed by atoms with Gasteiger partial charge in [-0.15, -0.1) is 0 Å². The number of hydrogen-bond donors (Lipinski definition) is 1. The Bertz CT molecular complexity index is 885. The molecule has 6 heteroatoms. The van der Waals surface area contributed by atoms with Crippen molar-refractivity contribution in [3.63, 3.8) is 0 Å². The molecular formula is C19H20N2O3S. The summed E-state index contributed by atoms with van der Waals surface area (Å²) in [4.78, 5) is 11.9. The first-order valence-corrected chi connectivity index (χ1v) is 9.71. The van der Waals surface area contributed by atoms with Crippen molar-refractivity contribution in [3.05, 3.63) is 65.7 Å². The van der Waals surface area contributed by atoms with Crippen LogP contribution in [-0.2, 0) is 14.8 Å². The van der Waals surface area contributed by atoms with Crippen LogP contribution in [0.1, 0.15) is 17.5 Å². The summed E-state index contributed by atoms with van der Waals surface area (Å²) in [6.07, 6.45) is 3.82. The first-order chi connectivity index (χ1) is 11.9. The average molecular weight is 356 g/mol. The molecule has 1 saturated heterocycles. The number of hydrogen-bond acceptors (Lipinski definition) is 3. The molecule has 0 aromatic heterocycles. The zero-order chi connectivity index (χ0) is 17.9. The highest BCUT2D eigenvalue weighted by atomic mass is 32.2. The Balaban J connectivity index is 1.63. The Kier molecular flexibility index (Phi) is 4.90. The van der Waals surface area contributed by atoms with Crippen molar-refractivity contribution < 1.29 is 13.2 Å². The monoisotopic (exact) mass is 356 g/mol. The van der Waals surface area contributed by atoms with Gasteiger partial charge in [0.2, 0.25) is 15.9 Å². The van der Waals surface area contributed by atoms with E-state index < -0.39 is 10.0 Å². The number of sulfonamides is 1. The van der Waals surface area contributed by atoms with E-state index in [1.165, 1.54) is 10.4 Å². The molecule has 130 valence electrons. The van der Waals surface area contributed by atoms with Crippen molar-refractivity contribution >= 4 is 33.4 Å². The van der Waals surface area contributed by atoms with Crippen molar-refractivity contribution in [2.75, 3.05) is 21.9 Å². The van der Waals surface area contributed by atoms with Crippen LogP contribution in [0.2, 0.25) is 0 Å². The molecule has 1 heterocycles. The Morgan fingerprint density at radius 2 is 1.76 bits per heavy atom. The third-order valence-corrected chi connectivity index (χ3v) is 5.90. The van der Waals surface area contributed by atoms with Crippen LogP contribution in [0.3, 0.4) is 0 Å². The lowest BCUT2D eigenvalue weighted by Gasteiger charge is -2.16. The lowest BCUT2D eigenvalue weighted by Crippen LogP contribution is -2.24. The number of nitrogens with one attached hydrogen (secondary N) is 1. The summed E-state index contributed by atoms with van der Waals surface area (Å²) in [6, 6.07) is 14.7. The summed E-state index contributed by atoms with van der Waals surface area (Å²) in [5.74, 6) is -0.0107. The molecule has 3 rings (SSSR count). The first kappa shape index (κ1) is 17.2. The molecule has 0 spiro atoms. The molecule has 0 aliphatic carbocycles. The summed E-state index contributed by atoms with van der Waals surface area (Å²) in [5, 5.41) is 2.79. The number of carbonyl (C=O) groups excluding carboxylic acids is 1. The second-order valence-corrected chi connectivity index (χ2v) is 8.03. The zero-order valence-corrected chi connectivity index (χ0v) is 14.8. The fourth-order valence-electron chi connectivity index (χ4n) is 2.67. The molecule has 1 amide bonds. The van der Waals surface area contributed by atoms with E-state index in [0.29, 0.717) is 18.7 Å². The molecule has 0 unspecified atom stereocenters. The number of aryl methyl sites for hydroxylation is 1. The summed E-state index contributed by atoms with van der Waals surface area (Å²) in [5.41, 5.74) is 3.38. The molecule has 1 fully saturated rings. The van der Waals surface area contributed by atoms with E-state index in [1.807, 2.05) is 31.2 Å². The highest BCUT2D eigenvalue weighted by Crippen LogP contribution is 2.24. The van der Waals surface area contributed by atoms with Gasteiger partial charge in [0.15, 0.2) is 0 Å². The van der Waals surface area contributed by atoms with E-state index in [1.54, 1.807) is 30.3 Å². The quantitative estimate of drug-likeness (QED) is 0.856. The van der Waals surface area contributed by atoms with Crippen LogP contribution in [0.5, 0.6) is 0 Å². The lowest BCUT2D eigenvalue weighted by atomic mass is 10.2. The molecule has 0 saturated carbocycles. The van der Waals surface area contributed by atoms with Crippen molar-refractivity contribution in [1.82, 2.24) is 0 Å². The Morgan fingerprint density at radius 3 is 2.36 bits per heavy atom. The van der Waals surface area contributed by atoms with Gasteiger partial charge in [0, 0.05) is 18.3 Å². The van der Waals surface area contributed by atoms with Gasteiger partial charge in [-0.05, 0) is 49.2 Å². The summed E-state index contributed by atoms with van der Waals surface area (Å²) < 4.78 is 25.3. The van der Waals surface area contributed by atoms with Crippen LogP contribution in [0, 0.1) is 6.92 Å². The minimum Gasteiger partial charge on any atom is -0.323 e. The first-order valence-electron chi connectivity index (χ1n) is 8.10. The standard InChI is InChI=1S/C19H20N2O3S/c1-15-3-8-17(9-4-15)20-19(22)12-7-16-5-10-18(11-6-16)21-13-2-14-25(21,23)24/h3-12H,2,13-14H2,1H3,(H,20,22)/b12-7+. The molecule has 1 N–H and O–H groups in total. The highest BCUT2D eigenvalue weighted by Gasteiger charge is 2.28. The third-order valence-electron chi connectivity index (χ3n) is 4.03. The summed E-state index contributed by atoms with van der Waals surface area (Å²) in [7, 11) is -3.17. The van der Waals surface area contributed by atoms with E-state index >= 15 is 0 Å². The SMILES string of the molecule is Cc1ccc(NC(=O)/C=C/c2ccc(N3CCCS3(=O)=O)cc2)cc1. The van der Waals surface area contributed by atoms with Crippen LogP contribution in [0.25, 0.3) is 6.08 Å². The average Bonchev–Trinajstić information content (AvgIpc) is 2.95. The van der Waals surface area contributed by atoms with Gasteiger partial charge in [0.1, 0.15) is 0 Å². The van der Waals surface area contributed by atoms with Crippen LogP contribution >= 0.6 is 0 Å². The minimum atomic E-state index is -3.17. The van der Waals surface area contributed by atoms with Gasteiger partial charge in [0.25, 0.3) is 0 Å². The topological polar surface area (TPSA) is 66.5 Å². The number of nitrogens with zero attached hydrogens (tertiary/aromatic N) is 1. The minimum absolute atomic E-state index is 0.202. The number of amides is 1. The molecule has 1 aliphatic heterocycles. The van der Waals surface area contributed by atoms with Crippen LogP contribution in [-0.4, -0.2) is 26.6 Å². The van der Waals surface area contributed by atoms with Crippen LogP contribution < -0.4 is 9.62 Å². The lowest BCUT2D eigenvalue weighted by molar-refractivity contribution is -0.111.